The van der Waals surface area contributed by atoms with Crippen LogP contribution >= 0.6 is 0 Å². The average molecular weight is 256 g/mol. The van der Waals surface area contributed by atoms with Gasteiger partial charge in [0.25, 0.3) is 6.43 Å². The number of hydrogen-bond acceptors (Lipinski definition) is 5. The van der Waals surface area contributed by atoms with Crippen molar-refractivity contribution in [2.24, 2.45) is 0 Å². The maximum absolute atomic E-state index is 12.9. The van der Waals surface area contributed by atoms with E-state index in [1.165, 1.54) is 7.11 Å². The van der Waals surface area contributed by atoms with E-state index in [-0.39, 0.29) is 17.0 Å². The Hall–Kier alpha value is -2.23. The van der Waals surface area contributed by atoms with E-state index in [9.17, 15) is 13.6 Å². The van der Waals surface area contributed by atoms with Crippen LogP contribution in [0.1, 0.15) is 23.2 Å². The Kier molecular flexibility index (Phi) is 4.54. The second-order valence-electron chi connectivity index (χ2n) is 3.23. The number of aromatic nitrogens is 1. The summed E-state index contributed by atoms with van der Waals surface area (Å²) in [5.41, 5.74) is -1.10. The third-order valence-electron chi connectivity index (χ3n) is 2.25. The molecule has 0 bridgehead atoms. The van der Waals surface area contributed by atoms with Gasteiger partial charge in [0.1, 0.15) is 11.6 Å². The van der Waals surface area contributed by atoms with Crippen molar-refractivity contribution in [3.8, 4) is 11.8 Å². The van der Waals surface area contributed by atoms with Crippen molar-refractivity contribution in [3.05, 3.63) is 23.0 Å². The smallest absolute Gasteiger partial charge is 0.311 e. The zero-order chi connectivity index (χ0) is 13.7. The molecule has 0 amide bonds. The van der Waals surface area contributed by atoms with Crippen LogP contribution < -0.4 is 4.74 Å². The van der Waals surface area contributed by atoms with Gasteiger partial charge < -0.3 is 9.47 Å². The summed E-state index contributed by atoms with van der Waals surface area (Å²) in [4.78, 5) is 14.8. The van der Waals surface area contributed by atoms with E-state index in [4.69, 9.17) is 10.00 Å². The molecule has 0 N–H and O–H groups in total. The molecule has 1 rings (SSSR count). The Morgan fingerprint density at radius 2 is 2.22 bits per heavy atom. The molecule has 7 heteroatoms. The van der Waals surface area contributed by atoms with Gasteiger partial charge in [-0.05, 0) is 0 Å². The first-order valence-corrected chi connectivity index (χ1v) is 4.86. The van der Waals surface area contributed by atoms with Gasteiger partial charge in [0.2, 0.25) is 0 Å². The standard InChI is InChI=1S/C11H10F2N2O3/c1-17-8-5-15-7(3-9(16)18-2)10(11(12)13)6(8)4-14/h5,11H,3H2,1-2H3. The summed E-state index contributed by atoms with van der Waals surface area (Å²) in [6.45, 7) is 0. The number of hydrogen-bond donors (Lipinski definition) is 0. The van der Waals surface area contributed by atoms with Crippen molar-refractivity contribution in [2.45, 2.75) is 12.8 Å². The predicted molar refractivity (Wildman–Crippen MR) is 56.2 cm³/mol. The second-order valence-corrected chi connectivity index (χ2v) is 3.23. The van der Waals surface area contributed by atoms with Crippen LogP contribution in [0.5, 0.6) is 5.75 Å². The van der Waals surface area contributed by atoms with Gasteiger partial charge in [-0.25, -0.2) is 8.78 Å². The quantitative estimate of drug-likeness (QED) is 0.765. The molecule has 0 unspecified atom stereocenters. The molecule has 5 nitrogen and oxygen atoms in total. The monoisotopic (exact) mass is 256 g/mol. The molecule has 0 aliphatic carbocycles. The molecule has 0 aliphatic rings. The Morgan fingerprint density at radius 1 is 1.56 bits per heavy atom. The summed E-state index contributed by atoms with van der Waals surface area (Å²) >= 11 is 0. The van der Waals surface area contributed by atoms with Crippen molar-refractivity contribution in [1.82, 2.24) is 4.98 Å². The molecule has 1 aromatic rings. The number of pyridine rings is 1. The lowest BCUT2D eigenvalue weighted by atomic mass is 10.0. The van der Waals surface area contributed by atoms with Gasteiger partial charge in [-0.15, -0.1) is 0 Å². The number of methoxy groups -OCH3 is 2. The Labute approximate surface area is 102 Å². The first-order chi connectivity index (χ1) is 8.54. The predicted octanol–water partition coefficient (Wildman–Crippen LogP) is 1.61. The van der Waals surface area contributed by atoms with Crippen LogP contribution in [0.4, 0.5) is 8.78 Å². The van der Waals surface area contributed by atoms with Crippen LogP contribution in [-0.2, 0) is 16.0 Å². The van der Waals surface area contributed by atoms with Crippen molar-refractivity contribution in [1.29, 1.82) is 5.26 Å². The largest absolute Gasteiger partial charge is 0.494 e. The van der Waals surface area contributed by atoms with Gasteiger partial charge in [-0.2, -0.15) is 5.26 Å². The summed E-state index contributed by atoms with van der Waals surface area (Å²) in [6.07, 6.45) is -2.22. The summed E-state index contributed by atoms with van der Waals surface area (Å²) in [7, 11) is 2.38. The number of rotatable bonds is 4. The van der Waals surface area contributed by atoms with E-state index < -0.39 is 24.4 Å². The van der Waals surface area contributed by atoms with Gasteiger partial charge in [0.05, 0.1) is 38.1 Å². The van der Waals surface area contributed by atoms with Gasteiger partial charge in [0.15, 0.2) is 5.75 Å². The minimum absolute atomic E-state index is 0.0542. The lowest BCUT2D eigenvalue weighted by Gasteiger charge is -2.11. The van der Waals surface area contributed by atoms with Crippen molar-refractivity contribution >= 4 is 5.97 Å². The fourth-order valence-corrected chi connectivity index (χ4v) is 1.40. The SMILES string of the molecule is COC(=O)Cc1ncc(OC)c(C#N)c1C(F)F. The molecule has 1 heterocycles. The van der Waals surface area contributed by atoms with E-state index in [0.717, 1.165) is 13.3 Å². The minimum Gasteiger partial charge on any atom is -0.494 e. The molecule has 0 aliphatic heterocycles. The lowest BCUT2D eigenvalue weighted by molar-refractivity contribution is -0.139. The molecule has 96 valence electrons. The third-order valence-corrected chi connectivity index (χ3v) is 2.25. The average Bonchev–Trinajstić information content (AvgIpc) is 2.37. The number of halogens is 2. The highest BCUT2D eigenvalue weighted by molar-refractivity contribution is 5.73. The highest BCUT2D eigenvalue weighted by Crippen LogP contribution is 2.31. The molecule has 0 saturated carbocycles. The van der Waals surface area contributed by atoms with E-state index in [2.05, 4.69) is 9.72 Å². The van der Waals surface area contributed by atoms with Crippen LogP contribution in [0, 0.1) is 11.3 Å². The van der Waals surface area contributed by atoms with E-state index >= 15 is 0 Å². The first-order valence-electron chi connectivity index (χ1n) is 4.86. The van der Waals surface area contributed by atoms with E-state index in [0.29, 0.717) is 0 Å². The Balaban J connectivity index is 3.36. The van der Waals surface area contributed by atoms with Crippen LogP contribution in [0.3, 0.4) is 0 Å². The molecule has 18 heavy (non-hydrogen) atoms. The Bertz CT molecular complexity index is 498. The number of nitriles is 1. The minimum atomic E-state index is -2.93. The molecular weight excluding hydrogens is 246 g/mol. The fourth-order valence-electron chi connectivity index (χ4n) is 1.40. The van der Waals surface area contributed by atoms with Gasteiger partial charge in [0, 0.05) is 0 Å². The van der Waals surface area contributed by atoms with Crippen molar-refractivity contribution < 1.29 is 23.0 Å². The zero-order valence-electron chi connectivity index (χ0n) is 9.74. The third kappa shape index (κ3) is 2.71. The van der Waals surface area contributed by atoms with Crippen LogP contribution in [-0.4, -0.2) is 25.2 Å². The molecule has 0 fully saturated rings. The first kappa shape index (κ1) is 13.8. The number of nitrogens with zero attached hydrogens (tertiary/aromatic N) is 2. The van der Waals surface area contributed by atoms with Crippen LogP contribution in [0.15, 0.2) is 6.20 Å². The maximum Gasteiger partial charge on any atom is 0.311 e. The van der Waals surface area contributed by atoms with Crippen molar-refractivity contribution in [3.63, 3.8) is 0 Å². The Morgan fingerprint density at radius 3 is 2.67 bits per heavy atom. The van der Waals surface area contributed by atoms with E-state index in [1.54, 1.807) is 6.07 Å². The molecule has 0 radical (unpaired) electrons. The van der Waals surface area contributed by atoms with Gasteiger partial charge >= 0.3 is 5.97 Å². The highest BCUT2D eigenvalue weighted by Gasteiger charge is 2.24. The number of esters is 1. The second kappa shape index (κ2) is 5.91. The summed E-state index contributed by atoms with van der Waals surface area (Å²) < 4.78 is 35.1. The maximum atomic E-state index is 12.9. The number of carbonyl (C=O) groups is 1. The topological polar surface area (TPSA) is 72.2 Å². The normalized spacial score (nSPS) is 10.0. The molecule has 1 aromatic heterocycles. The molecule has 0 spiro atoms. The van der Waals surface area contributed by atoms with Crippen LogP contribution in [0.2, 0.25) is 0 Å². The highest BCUT2D eigenvalue weighted by atomic mass is 19.3. The van der Waals surface area contributed by atoms with Crippen LogP contribution in [0.25, 0.3) is 0 Å². The zero-order valence-corrected chi connectivity index (χ0v) is 9.74. The fraction of sp³-hybridized carbons (Fsp3) is 0.364. The lowest BCUT2D eigenvalue weighted by Crippen LogP contribution is -2.11. The summed E-state index contributed by atoms with van der Waals surface area (Å²) in [5.74, 6) is -0.764. The number of alkyl halides is 2. The molecule has 0 aromatic carbocycles. The van der Waals surface area contributed by atoms with E-state index in [1.807, 2.05) is 0 Å². The number of carbonyl (C=O) groups excluding carboxylic acids is 1. The number of ether oxygens (including phenoxy) is 2. The summed E-state index contributed by atoms with van der Waals surface area (Å²) in [6, 6.07) is 1.63. The summed E-state index contributed by atoms with van der Waals surface area (Å²) in [5, 5.41) is 8.89. The molecular formula is C11H10F2N2O3. The van der Waals surface area contributed by atoms with Crippen molar-refractivity contribution in [2.75, 3.05) is 14.2 Å². The molecule has 0 saturated heterocycles. The van der Waals surface area contributed by atoms with Gasteiger partial charge in [-0.1, -0.05) is 0 Å². The van der Waals surface area contributed by atoms with Gasteiger partial charge in [-0.3, -0.25) is 9.78 Å². The molecule has 0 atom stereocenters.